The third-order valence-electron chi connectivity index (χ3n) is 3.11. The first-order valence-electron chi connectivity index (χ1n) is 6.13. The van der Waals surface area contributed by atoms with Crippen LogP contribution in [0.4, 0.5) is 0 Å². The number of hydrogen-bond donors (Lipinski definition) is 1. The Bertz CT molecular complexity index is 510. The van der Waals surface area contributed by atoms with Crippen LogP contribution in [0, 0.1) is 0 Å². The molecule has 1 saturated heterocycles. The average Bonchev–Trinajstić information content (AvgIpc) is 2.84. The summed E-state index contributed by atoms with van der Waals surface area (Å²) in [6, 6.07) is 3.40. The van der Waals surface area contributed by atoms with Crippen LogP contribution in [0.1, 0.15) is 6.42 Å². The van der Waals surface area contributed by atoms with Gasteiger partial charge in [-0.05, 0) is 34.5 Å². The SMILES string of the molecule is O=S(=O)(c1ccc(Br)s1)N1CCN(CCCO)CC1. The summed E-state index contributed by atoms with van der Waals surface area (Å²) < 4.78 is 27.5. The molecule has 0 saturated carbocycles. The number of piperazine rings is 1. The van der Waals surface area contributed by atoms with E-state index in [1.54, 1.807) is 16.4 Å². The third-order valence-corrected chi connectivity index (χ3v) is 7.10. The lowest BCUT2D eigenvalue weighted by molar-refractivity contribution is 0.171. The van der Waals surface area contributed by atoms with Crippen molar-refractivity contribution in [2.24, 2.45) is 0 Å². The molecule has 1 aliphatic heterocycles. The van der Waals surface area contributed by atoms with Crippen molar-refractivity contribution in [1.29, 1.82) is 0 Å². The summed E-state index contributed by atoms with van der Waals surface area (Å²) in [5.41, 5.74) is 0. The second-order valence-corrected chi connectivity index (χ2v) is 9.01. The fourth-order valence-electron chi connectivity index (χ4n) is 2.05. The molecule has 0 amide bonds. The summed E-state index contributed by atoms with van der Waals surface area (Å²) in [5.74, 6) is 0. The molecular formula is C11H17BrN2O3S2. The quantitative estimate of drug-likeness (QED) is 0.848. The van der Waals surface area contributed by atoms with Gasteiger partial charge in [-0.2, -0.15) is 4.31 Å². The van der Waals surface area contributed by atoms with Crippen LogP contribution in [-0.2, 0) is 10.0 Å². The van der Waals surface area contributed by atoms with E-state index in [0.717, 1.165) is 29.8 Å². The van der Waals surface area contributed by atoms with Gasteiger partial charge in [0, 0.05) is 39.3 Å². The number of hydrogen-bond acceptors (Lipinski definition) is 5. The molecule has 8 heteroatoms. The zero-order valence-electron chi connectivity index (χ0n) is 10.5. The third kappa shape index (κ3) is 3.77. The minimum atomic E-state index is -3.34. The van der Waals surface area contributed by atoms with Gasteiger partial charge in [-0.25, -0.2) is 8.42 Å². The molecule has 2 heterocycles. The molecule has 5 nitrogen and oxygen atoms in total. The molecule has 0 atom stereocenters. The highest BCUT2D eigenvalue weighted by molar-refractivity contribution is 9.11. The Labute approximate surface area is 126 Å². The fraction of sp³-hybridized carbons (Fsp3) is 0.636. The Morgan fingerprint density at radius 3 is 2.47 bits per heavy atom. The highest BCUT2D eigenvalue weighted by Gasteiger charge is 2.29. The predicted molar refractivity (Wildman–Crippen MR) is 78.9 cm³/mol. The Hall–Kier alpha value is 0.01000. The largest absolute Gasteiger partial charge is 0.396 e. The maximum absolute atomic E-state index is 12.4. The van der Waals surface area contributed by atoms with Gasteiger partial charge < -0.3 is 10.0 Å². The van der Waals surface area contributed by atoms with Crippen molar-refractivity contribution < 1.29 is 13.5 Å². The van der Waals surface area contributed by atoms with E-state index < -0.39 is 10.0 Å². The van der Waals surface area contributed by atoms with E-state index in [1.165, 1.54) is 11.3 Å². The van der Waals surface area contributed by atoms with E-state index in [-0.39, 0.29) is 6.61 Å². The lowest BCUT2D eigenvalue weighted by Crippen LogP contribution is -2.48. The van der Waals surface area contributed by atoms with Crippen LogP contribution in [-0.4, -0.2) is 62.1 Å². The van der Waals surface area contributed by atoms with E-state index in [2.05, 4.69) is 20.8 Å². The molecular weight excluding hydrogens is 352 g/mol. The van der Waals surface area contributed by atoms with Gasteiger partial charge in [-0.15, -0.1) is 11.3 Å². The zero-order valence-corrected chi connectivity index (χ0v) is 13.7. The second-order valence-electron chi connectivity index (χ2n) is 4.38. The minimum absolute atomic E-state index is 0.182. The summed E-state index contributed by atoms with van der Waals surface area (Å²) in [6.07, 6.45) is 0.741. The second kappa shape index (κ2) is 6.64. The Morgan fingerprint density at radius 2 is 1.95 bits per heavy atom. The normalized spacial score (nSPS) is 18.8. The number of halogens is 1. The first kappa shape index (κ1) is 15.4. The van der Waals surface area contributed by atoms with Gasteiger partial charge in [0.05, 0.1) is 3.79 Å². The molecule has 1 N–H and O–H groups in total. The van der Waals surface area contributed by atoms with Crippen LogP contribution in [0.25, 0.3) is 0 Å². The van der Waals surface area contributed by atoms with Crippen molar-refractivity contribution in [3.8, 4) is 0 Å². The molecule has 0 radical (unpaired) electrons. The molecule has 19 heavy (non-hydrogen) atoms. The van der Waals surface area contributed by atoms with Crippen molar-refractivity contribution >= 4 is 37.3 Å². The molecule has 0 aromatic carbocycles. The van der Waals surface area contributed by atoms with Crippen molar-refractivity contribution in [2.45, 2.75) is 10.6 Å². The van der Waals surface area contributed by atoms with Gasteiger partial charge >= 0.3 is 0 Å². The van der Waals surface area contributed by atoms with Gasteiger partial charge in [0.25, 0.3) is 10.0 Å². The molecule has 1 fully saturated rings. The summed E-state index contributed by atoms with van der Waals surface area (Å²) >= 11 is 4.53. The molecule has 0 unspecified atom stereocenters. The van der Waals surface area contributed by atoms with Crippen molar-refractivity contribution in [1.82, 2.24) is 9.21 Å². The van der Waals surface area contributed by atoms with Gasteiger partial charge in [0.1, 0.15) is 4.21 Å². The monoisotopic (exact) mass is 368 g/mol. The average molecular weight is 369 g/mol. The molecule has 1 aromatic rings. The number of sulfonamides is 1. The standard InChI is InChI=1S/C11H17BrN2O3S2/c12-10-2-3-11(18-10)19(16,17)14-7-5-13(6-8-14)4-1-9-15/h2-3,15H,1,4-9H2. The van der Waals surface area contributed by atoms with E-state index in [0.29, 0.717) is 17.3 Å². The molecule has 0 bridgehead atoms. The lowest BCUT2D eigenvalue weighted by Gasteiger charge is -2.33. The smallest absolute Gasteiger partial charge is 0.252 e. The number of aliphatic hydroxyl groups excluding tert-OH is 1. The maximum Gasteiger partial charge on any atom is 0.252 e. The van der Waals surface area contributed by atoms with Crippen LogP contribution in [0.5, 0.6) is 0 Å². The molecule has 108 valence electrons. The van der Waals surface area contributed by atoms with Gasteiger partial charge in [0.15, 0.2) is 0 Å². The molecule has 2 rings (SSSR count). The lowest BCUT2D eigenvalue weighted by atomic mass is 10.3. The van der Waals surface area contributed by atoms with E-state index >= 15 is 0 Å². The van der Waals surface area contributed by atoms with Gasteiger partial charge in [-0.3, -0.25) is 0 Å². The van der Waals surface area contributed by atoms with E-state index in [1.807, 2.05) is 0 Å². The van der Waals surface area contributed by atoms with Crippen LogP contribution in [0.3, 0.4) is 0 Å². The summed E-state index contributed by atoms with van der Waals surface area (Å²) in [7, 11) is -3.34. The predicted octanol–water partition coefficient (Wildman–Crippen LogP) is 1.20. The Kier molecular flexibility index (Phi) is 5.38. The molecule has 0 spiro atoms. The van der Waals surface area contributed by atoms with Crippen molar-refractivity contribution in [3.05, 3.63) is 15.9 Å². The summed E-state index contributed by atoms with van der Waals surface area (Å²) in [6.45, 7) is 3.50. The zero-order chi connectivity index (χ0) is 13.9. The Balaban J connectivity index is 1.97. The first-order chi connectivity index (χ1) is 9.04. The summed E-state index contributed by atoms with van der Waals surface area (Å²) in [4.78, 5) is 2.19. The topological polar surface area (TPSA) is 60.9 Å². The highest BCUT2D eigenvalue weighted by Crippen LogP contribution is 2.28. The van der Waals surface area contributed by atoms with Crippen LogP contribution in [0.2, 0.25) is 0 Å². The number of aliphatic hydroxyl groups is 1. The van der Waals surface area contributed by atoms with E-state index in [4.69, 9.17) is 5.11 Å². The number of nitrogens with zero attached hydrogens (tertiary/aromatic N) is 2. The number of thiophene rings is 1. The Morgan fingerprint density at radius 1 is 1.26 bits per heavy atom. The van der Waals surface area contributed by atoms with E-state index in [9.17, 15) is 8.42 Å². The molecule has 1 aromatic heterocycles. The fourth-order valence-corrected chi connectivity index (χ4v) is 5.64. The van der Waals surface area contributed by atoms with Crippen molar-refractivity contribution in [3.63, 3.8) is 0 Å². The van der Waals surface area contributed by atoms with Crippen molar-refractivity contribution in [2.75, 3.05) is 39.3 Å². The van der Waals surface area contributed by atoms with Gasteiger partial charge in [0.2, 0.25) is 0 Å². The molecule has 0 aliphatic carbocycles. The molecule has 1 aliphatic rings. The highest BCUT2D eigenvalue weighted by atomic mass is 79.9. The summed E-state index contributed by atoms with van der Waals surface area (Å²) in [5, 5.41) is 8.79. The van der Waals surface area contributed by atoms with Gasteiger partial charge in [-0.1, -0.05) is 0 Å². The minimum Gasteiger partial charge on any atom is -0.396 e. The first-order valence-corrected chi connectivity index (χ1v) is 9.17. The van der Waals surface area contributed by atoms with Crippen LogP contribution < -0.4 is 0 Å². The van der Waals surface area contributed by atoms with Crippen LogP contribution >= 0.6 is 27.3 Å². The number of rotatable bonds is 5. The maximum atomic E-state index is 12.4. The van der Waals surface area contributed by atoms with Crippen LogP contribution in [0.15, 0.2) is 20.1 Å².